The van der Waals surface area contributed by atoms with Gasteiger partial charge in [-0.25, -0.2) is 0 Å². The van der Waals surface area contributed by atoms with Crippen molar-refractivity contribution >= 4 is 43.5 Å². The van der Waals surface area contributed by atoms with Gasteiger partial charge in [0, 0.05) is 32.5 Å². The fraction of sp³-hybridized carbons (Fsp3) is 0.465. The van der Waals surface area contributed by atoms with E-state index in [0.29, 0.717) is 44.8 Å². The highest BCUT2D eigenvalue weighted by Crippen LogP contribution is 2.37. The van der Waals surface area contributed by atoms with Gasteiger partial charge in [-0.2, -0.15) is 0 Å². The summed E-state index contributed by atoms with van der Waals surface area (Å²) >= 11 is 0. The van der Waals surface area contributed by atoms with E-state index in [9.17, 15) is 24.0 Å². The minimum Gasteiger partial charge on any atom is -0.544 e. The first-order chi connectivity index (χ1) is 25.7. The van der Waals surface area contributed by atoms with E-state index in [2.05, 4.69) is 44.5 Å². The lowest BCUT2D eigenvalue weighted by molar-refractivity contribution is -0.143. The molecule has 0 radical (unpaired) electrons. The number of hydrogen-bond acceptors (Lipinski definition) is 9. The van der Waals surface area contributed by atoms with E-state index in [0.717, 1.165) is 28.1 Å². The van der Waals surface area contributed by atoms with Gasteiger partial charge in [-0.05, 0) is 84.8 Å². The molecule has 1 atom stereocenters. The van der Waals surface area contributed by atoms with E-state index in [4.69, 9.17) is 19.6 Å². The van der Waals surface area contributed by atoms with Gasteiger partial charge in [0.1, 0.15) is 24.7 Å². The molecule has 3 aromatic rings. The molecule has 3 rings (SSSR count). The molecule has 0 spiro atoms. The molecule has 55 heavy (non-hydrogen) atoms. The molecular formula is C43H63N3O8Si. The van der Waals surface area contributed by atoms with Gasteiger partial charge < -0.3 is 35.1 Å². The summed E-state index contributed by atoms with van der Waals surface area (Å²) in [5.74, 6) is 0.704. The first kappa shape index (κ1) is 48.2. The monoisotopic (exact) mass is 777 g/mol. The number of hydrogen-bond donors (Lipinski definition) is 3. The Kier molecular flexibility index (Phi) is 21.5. The number of nitrogens with two attached hydrogens (primary N) is 1. The standard InChI is InChI=1S/C17H17NO3.C15H24O3Si.C11H22N2O2/c1-13(19)21-12-15-7-9-16(10-8-15)18-17(20)11-14-5-3-2-4-6-14;1-12(16)17-11-13-7-9-14(10-8-13)18-19(5,6)15(2,3)4;1-8(2)7-10(12)11(15)13-6-4-5-9(3)14/h2-10H,11-12H2,1H3,(H,18,20);7-10H,11H2,1-6H3;8,10H,4-7,12H2,1-3H3,(H,13,15). The maximum absolute atomic E-state index is 11.9. The van der Waals surface area contributed by atoms with Crippen LogP contribution >= 0.6 is 0 Å². The van der Waals surface area contributed by atoms with Gasteiger partial charge in [-0.1, -0.05) is 89.2 Å². The van der Waals surface area contributed by atoms with Crippen molar-refractivity contribution in [3.63, 3.8) is 0 Å². The van der Waals surface area contributed by atoms with Crippen LogP contribution in [0.25, 0.3) is 0 Å². The smallest absolute Gasteiger partial charge is 0.302 e. The van der Waals surface area contributed by atoms with Crippen molar-refractivity contribution in [2.75, 3.05) is 11.9 Å². The molecule has 0 aromatic heterocycles. The first-order valence-electron chi connectivity index (χ1n) is 18.7. The number of esters is 2. The largest absolute Gasteiger partial charge is 0.544 e. The molecule has 302 valence electrons. The Morgan fingerprint density at radius 2 is 1.25 bits per heavy atom. The highest BCUT2D eigenvalue weighted by Gasteiger charge is 2.38. The van der Waals surface area contributed by atoms with Crippen LogP contribution in [-0.4, -0.2) is 50.4 Å². The quantitative estimate of drug-likeness (QED) is 0.0745. The third kappa shape index (κ3) is 22.2. The highest BCUT2D eigenvalue weighted by atomic mass is 28.4. The zero-order chi connectivity index (χ0) is 41.6. The van der Waals surface area contributed by atoms with E-state index in [-0.39, 0.29) is 41.2 Å². The minimum atomic E-state index is -1.78. The molecule has 0 bridgehead atoms. The average molecular weight is 778 g/mol. The summed E-state index contributed by atoms with van der Waals surface area (Å²) in [4.78, 5) is 55.4. The summed E-state index contributed by atoms with van der Waals surface area (Å²) in [6, 6.07) is 24.1. The molecular weight excluding hydrogens is 715 g/mol. The summed E-state index contributed by atoms with van der Waals surface area (Å²) in [6.45, 7) is 20.6. The van der Waals surface area contributed by atoms with Crippen LogP contribution in [0.4, 0.5) is 5.69 Å². The van der Waals surface area contributed by atoms with Gasteiger partial charge in [0.05, 0.1) is 12.5 Å². The second-order valence-electron chi connectivity index (χ2n) is 15.3. The molecule has 3 aromatic carbocycles. The predicted octanol–water partition coefficient (Wildman–Crippen LogP) is 7.91. The number of carbonyl (C=O) groups excluding carboxylic acids is 5. The Hall–Kier alpha value is -4.81. The Bertz CT molecular complexity index is 1620. The van der Waals surface area contributed by atoms with Gasteiger partial charge in [-0.15, -0.1) is 0 Å². The molecule has 0 aliphatic rings. The number of ketones is 1. The van der Waals surface area contributed by atoms with E-state index in [1.165, 1.54) is 13.8 Å². The van der Waals surface area contributed by atoms with E-state index in [1.54, 1.807) is 19.1 Å². The molecule has 0 heterocycles. The third-order valence-corrected chi connectivity index (χ3v) is 12.9. The summed E-state index contributed by atoms with van der Waals surface area (Å²) < 4.78 is 16.0. The first-order valence-corrected chi connectivity index (χ1v) is 21.6. The molecule has 4 N–H and O–H groups in total. The molecule has 0 saturated heterocycles. The van der Waals surface area contributed by atoms with Crippen molar-refractivity contribution in [3.05, 3.63) is 95.6 Å². The van der Waals surface area contributed by atoms with Crippen LogP contribution in [-0.2, 0) is 53.1 Å². The van der Waals surface area contributed by atoms with Crippen LogP contribution in [0, 0.1) is 5.92 Å². The molecule has 11 nitrogen and oxygen atoms in total. The molecule has 0 aliphatic heterocycles. The summed E-state index contributed by atoms with van der Waals surface area (Å²) in [5.41, 5.74) is 9.23. The van der Waals surface area contributed by atoms with Crippen molar-refractivity contribution in [3.8, 4) is 5.75 Å². The number of Topliss-reactive ketones (excluding diaryl/α,β-unsaturated/α-hetero) is 1. The Labute approximate surface area is 329 Å². The number of anilines is 1. The normalized spacial score (nSPS) is 11.4. The number of ether oxygens (including phenoxy) is 2. The number of amides is 2. The molecule has 12 heteroatoms. The number of benzene rings is 3. The Morgan fingerprint density at radius 1 is 0.745 bits per heavy atom. The van der Waals surface area contributed by atoms with Crippen LogP contribution in [0.15, 0.2) is 78.9 Å². The molecule has 0 aliphatic carbocycles. The maximum Gasteiger partial charge on any atom is 0.302 e. The van der Waals surface area contributed by atoms with Crippen molar-refractivity contribution in [2.24, 2.45) is 11.7 Å². The summed E-state index contributed by atoms with van der Waals surface area (Å²) in [6.07, 6.45) is 2.24. The second kappa shape index (κ2) is 24.6. The van der Waals surface area contributed by atoms with E-state index in [1.807, 2.05) is 80.6 Å². The summed E-state index contributed by atoms with van der Waals surface area (Å²) in [7, 11) is -1.78. The predicted molar refractivity (Wildman–Crippen MR) is 221 cm³/mol. The topological polar surface area (TPSA) is 163 Å². The SMILES string of the molecule is CC(=O)CCCNC(=O)C(N)CC(C)C.CC(=O)OCc1ccc(NC(=O)Cc2ccccc2)cc1.CC(=O)OCc1ccc(O[Si](C)(C)C(C)(C)C)cc1. The van der Waals surface area contributed by atoms with Crippen molar-refractivity contribution in [1.29, 1.82) is 0 Å². The minimum absolute atomic E-state index is 0.0612. The van der Waals surface area contributed by atoms with Crippen molar-refractivity contribution < 1.29 is 37.9 Å². The Balaban J connectivity index is 0.000000419. The third-order valence-electron chi connectivity index (χ3n) is 8.50. The van der Waals surface area contributed by atoms with Gasteiger partial charge in [-0.3, -0.25) is 19.2 Å². The van der Waals surface area contributed by atoms with Crippen LogP contribution in [0.3, 0.4) is 0 Å². The molecule has 0 fully saturated rings. The highest BCUT2D eigenvalue weighted by molar-refractivity contribution is 6.74. The van der Waals surface area contributed by atoms with Crippen molar-refractivity contribution in [1.82, 2.24) is 5.32 Å². The van der Waals surface area contributed by atoms with Gasteiger partial charge >= 0.3 is 11.9 Å². The van der Waals surface area contributed by atoms with Gasteiger partial charge in [0.15, 0.2) is 0 Å². The Morgan fingerprint density at radius 3 is 1.71 bits per heavy atom. The van der Waals surface area contributed by atoms with Crippen LogP contribution < -0.4 is 20.8 Å². The van der Waals surface area contributed by atoms with Crippen LogP contribution in [0.5, 0.6) is 5.75 Å². The molecule has 1 unspecified atom stereocenters. The van der Waals surface area contributed by atoms with E-state index >= 15 is 0 Å². The number of rotatable bonds is 16. The van der Waals surface area contributed by atoms with Gasteiger partial charge in [0.2, 0.25) is 20.1 Å². The number of carbonyl (C=O) groups is 5. The molecule has 2 amide bonds. The average Bonchev–Trinajstić information content (AvgIpc) is 3.09. The van der Waals surface area contributed by atoms with Crippen LogP contribution in [0.2, 0.25) is 18.1 Å². The zero-order valence-electron chi connectivity index (χ0n) is 34.5. The fourth-order valence-corrected chi connectivity index (χ4v) is 5.47. The molecule has 0 saturated carbocycles. The maximum atomic E-state index is 11.9. The van der Waals surface area contributed by atoms with Gasteiger partial charge in [0.25, 0.3) is 0 Å². The van der Waals surface area contributed by atoms with Crippen molar-refractivity contribution in [2.45, 2.75) is 118 Å². The summed E-state index contributed by atoms with van der Waals surface area (Å²) in [5, 5.41) is 5.75. The lowest BCUT2D eigenvalue weighted by Gasteiger charge is -2.36. The van der Waals surface area contributed by atoms with E-state index < -0.39 is 14.4 Å². The lowest BCUT2D eigenvalue weighted by Crippen LogP contribution is -2.43. The lowest BCUT2D eigenvalue weighted by atomic mass is 10.0. The second-order valence-corrected chi connectivity index (χ2v) is 20.0. The fourth-order valence-electron chi connectivity index (χ4n) is 4.44. The zero-order valence-corrected chi connectivity index (χ0v) is 35.5. The number of nitrogens with one attached hydrogen (secondary N) is 2. The van der Waals surface area contributed by atoms with Crippen LogP contribution in [0.1, 0.15) is 91.3 Å².